The molecule has 200 valence electrons. The summed E-state index contributed by atoms with van der Waals surface area (Å²) in [4.78, 5) is 29.7. The SMILES string of the molecule is O=C(NC1CCCC1)C(Cc1ccccc1)N(Cc1ccc(Br)cc1)C(=O)CCc1cccc2ccccc12. The predicted molar refractivity (Wildman–Crippen MR) is 161 cm³/mol. The quantitative estimate of drug-likeness (QED) is 0.214. The van der Waals surface area contributed by atoms with Crippen LogP contribution in [0.3, 0.4) is 0 Å². The van der Waals surface area contributed by atoms with Crippen LogP contribution in [0.25, 0.3) is 10.8 Å². The molecule has 0 spiro atoms. The number of benzene rings is 4. The minimum absolute atomic E-state index is 0.00615. The first kappa shape index (κ1) is 27.1. The maximum absolute atomic E-state index is 14.0. The van der Waals surface area contributed by atoms with Crippen LogP contribution in [-0.2, 0) is 29.0 Å². The molecular weight excluding hydrogens is 548 g/mol. The molecule has 0 saturated heterocycles. The van der Waals surface area contributed by atoms with E-state index >= 15 is 0 Å². The van der Waals surface area contributed by atoms with Crippen LogP contribution in [-0.4, -0.2) is 28.8 Å². The second-order valence-electron chi connectivity index (χ2n) is 10.5. The molecule has 1 unspecified atom stereocenters. The summed E-state index contributed by atoms with van der Waals surface area (Å²) in [6.07, 6.45) is 5.74. The fourth-order valence-electron chi connectivity index (χ4n) is 5.60. The van der Waals surface area contributed by atoms with Crippen molar-refractivity contribution in [1.29, 1.82) is 0 Å². The van der Waals surface area contributed by atoms with Crippen LogP contribution in [0.1, 0.15) is 48.8 Å². The van der Waals surface area contributed by atoms with Gasteiger partial charge in [-0.1, -0.05) is 114 Å². The maximum Gasteiger partial charge on any atom is 0.243 e. The van der Waals surface area contributed by atoms with Gasteiger partial charge in [-0.05, 0) is 58.9 Å². The van der Waals surface area contributed by atoms with Crippen LogP contribution in [0.15, 0.2) is 102 Å². The second-order valence-corrected chi connectivity index (χ2v) is 11.4. The van der Waals surface area contributed by atoms with Crippen molar-refractivity contribution in [3.63, 3.8) is 0 Å². The Labute approximate surface area is 239 Å². The molecule has 0 heterocycles. The Bertz CT molecular complexity index is 1390. The number of carbonyl (C=O) groups excluding carboxylic acids is 2. The van der Waals surface area contributed by atoms with Crippen molar-refractivity contribution in [2.75, 3.05) is 0 Å². The minimum Gasteiger partial charge on any atom is -0.352 e. The molecule has 5 heteroatoms. The van der Waals surface area contributed by atoms with Gasteiger partial charge in [0.15, 0.2) is 0 Å². The smallest absolute Gasteiger partial charge is 0.243 e. The van der Waals surface area contributed by atoms with E-state index in [9.17, 15) is 9.59 Å². The molecule has 1 aliphatic carbocycles. The van der Waals surface area contributed by atoms with Crippen molar-refractivity contribution in [2.24, 2.45) is 0 Å². The lowest BCUT2D eigenvalue weighted by Crippen LogP contribution is -2.52. The van der Waals surface area contributed by atoms with Crippen molar-refractivity contribution in [2.45, 2.75) is 63.6 Å². The van der Waals surface area contributed by atoms with E-state index in [2.05, 4.69) is 51.6 Å². The lowest BCUT2D eigenvalue weighted by Gasteiger charge is -2.32. The standard InChI is InChI=1S/C34H35BrN2O2/c35-29-20-17-26(18-21-29)24-37(33(38)22-19-28-13-8-12-27-11-4-7-16-31(27)28)32(23-25-9-2-1-3-10-25)34(39)36-30-14-5-6-15-30/h1-4,7-13,16-18,20-21,30,32H,5-6,14-15,19,22-24H2,(H,36,39). The zero-order chi connectivity index (χ0) is 27.0. The molecule has 4 aromatic rings. The summed E-state index contributed by atoms with van der Waals surface area (Å²) in [7, 11) is 0. The average Bonchev–Trinajstić information content (AvgIpc) is 3.48. The number of hydrogen-bond donors (Lipinski definition) is 1. The van der Waals surface area contributed by atoms with Crippen molar-refractivity contribution >= 4 is 38.5 Å². The second kappa shape index (κ2) is 13.1. The van der Waals surface area contributed by atoms with Gasteiger partial charge in [-0.2, -0.15) is 0 Å². The molecule has 0 aliphatic heterocycles. The largest absolute Gasteiger partial charge is 0.352 e. The van der Waals surface area contributed by atoms with Crippen molar-refractivity contribution in [1.82, 2.24) is 10.2 Å². The van der Waals surface area contributed by atoms with E-state index in [1.54, 1.807) is 0 Å². The van der Waals surface area contributed by atoms with Crippen LogP contribution < -0.4 is 5.32 Å². The third-order valence-electron chi connectivity index (χ3n) is 7.73. The summed E-state index contributed by atoms with van der Waals surface area (Å²) >= 11 is 3.51. The molecule has 2 amide bonds. The Morgan fingerprint density at radius 2 is 1.51 bits per heavy atom. The monoisotopic (exact) mass is 582 g/mol. The van der Waals surface area contributed by atoms with E-state index in [-0.39, 0.29) is 17.9 Å². The van der Waals surface area contributed by atoms with Crippen LogP contribution in [0.4, 0.5) is 0 Å². The third kappa shape index (κ3) is 7.15. The number of carbonyl (C=O) groups is 2. The van der Waals surface area contributed by atoms with Crippen LogP contribution in [0, 0.1) is 0 Å². The number of hydrogen-bond acceptors (Lipinski definition) is 2. The molecule has 1 N–H and O–H groups in total. The van der Waals surface area contributed by atoms with Gasteiger partial charge in [-0.25, -0.2) is 0 Å². The molecule has 5 rings (SSSR count). The maximum atomic E-state index is 14.0. The van der Waals surface area contributed by atoms with Gasteiger partial charge in [-0.3, -0.25) is 9.59 Å². The fraction of sp³-hybridized carbons (Fsp3) is 0.294. The number of nitrogens with zero attached hydrogens (tertiary/aromatic N) is 1. The number of halogens is 1. The average molecular weight is 584 g/mol. The van der Waals surface area contributed by atoms with E-state index in [1.807, 2.05) is 71.6 Å². The lowest BCUT2D eigenvalue weighted by molar-refractivity contribution is -0.141. The van der Waals surface area contributed by atoms with E-state index in [0.717, 1.165) is 46.8 Å². The molecule has 0 aromatic heterocycles. The minimum atomic E-state index is -0.586. The molecule has 4 nitrogen and oxygen atoms in total. The van der Waals surface area contributed by atoms with Gasteiger partial charge in [-0.15, -0.1) is 0 Å². The number of nitrogens with one attached hydrogen (secondary N) is 1. The molecule has 4 aromatic carbocycles. The molecular formula is C34H35BrN2O2. The topological polar surface area (TPSA) is 49.4 Å². The van der Waals surface area contributed by atoms with Gasteiger partial charge < -0.3 is 10.2 Å². The van der Waals surface area contributed by atoms with Gasteiger partial charge in [0, 0.05) is 29.9 Å². The van der Waals surface area contributed by atoms with Crippen molar-refractivity contribution in [3.8, 4) is 0 Å². The van der Waals surface area contributed by atoms with Crippen molar-refractivity contribution in [3.05, 3.63) is 118 Å². The zero-order valence-corrected chi connectivity index (χ0v) is 23.8. The zero-order valence-electron chi connectivity index (χ0n) is 22.2. The summed E-state index contributed by atoms with van der Waals surface area (Å²) < 4.78 is 0.986. The van der Waals surface area contributed by atoms with E-state index < -0.39 is 6.04 Å². The fourth-order valence-corrected chi connectivity index (χ4v) is 5.87. The van der Waals surface area contributed by atoms with Gasteiger partial charge in [0.25, 0.3) is 0 Å². The van der Waals surface area contributed by atoms with Gasteiger partial charge in [0.05, 0.1) is 0 Å². The van der Waals surface area contributed by atoms with Gasteiger partial charge in [0.1, 0.15) is 6.04 Å². The number of amides is 2. The Hall–Kier alpha value is -3.44. The summed E-state index contributed by atoms with van der Waals surface area (Å²) in [5.41, 5.74) is 3.20. The van der Waals surface area contributed by atoms with Crippen molar-refractivity contribution < 1.29 is 9.59 Å². The highest BCUT2D eigenvalue weighted by Gasteiger charge is 2.32. The highest BCUT2D eigenvalue weighted by molar-refractivity contribution is 9.10. The normalized spacial score (nSPS) is 14.3. The lowest BCUT2D eigenvalue weighted by atomic mass is 9.99. The molecule has 1 saturated carbocycles. The summed E-state index contributed by atoms with van der Waals surface area (Å²) in [6, 6.07) is 32.2. The summed E-state index contributed by atoms with van der Waals surface area (Å²) in [5, 5.41) is 5.63. The third-order valence-corrected chi connectivity index (χ3v) is 8.26. The Morgan fingerprint density at radius 1 is 0.821 bits per heavy atom. The first-order valence-corrected chi connectivity index (χ1v) is 14.7. The highest BCUT2D eigenvalue weighted by Crippen LogP contribution is 2.23. The molecule has 1 atom stereocenters. The molecule has 1 aliphatic rings. The van der Waals surface area contributed by atoms with Gasteiger partial charge in [0.2, 0.25) is 11.8 Å². The number of rotatable bonds is 10. The van der Waals surface area contributed by atoms with Crippen LogP contribution in [0.5, 0.6) is 0 Å². The van der Waals surface area contributed by atoms with E-state index in [1.165, 1.54) is 10.8 Å². The first-order valence-electron chi connectivity index (χ1n) is 13.9. The molecule has 0 radical (unpaired) electrons. The Kier molecular flexibility index (Phi) is 9.10. The number of fused-ring (bicyclic) bond motifs is 1. The van der Waals surface area contributed by atoms with Crippen LogP contribution in [0.2, 0.25) is 0 Å². The van der Waals surface area contributed by atoms with Gasteiger partial charge >= 0.3 is 0 Å². The summed E-state index contributed by atoms with van der Waals surface area (Å²) in [6.45, 7) is 0.386. The molecule has 1 fully saturated rings. The summed E-state index contributed by atoms with van der Waals surface area (Å²) in [5.74, 6) is -0.0604. The van der Waals surface area contributed by atoms with Crippen LogP contribution >= 0.6 is 15.9 Å². The van der Waals surface area contributed by atoms with E-state index in [0.29, 0.717) is 25.8 Å². The highest BCUT2D eigenvalue weighted by atomic mass is 79.9. The van der Waals surface area contributed by atoms with E-state index in [4.69, 9.17) is 0 Å². The first-order chi connectivity index (χ1) is 19.1. The molecule has 0 bridgehead atoms. The molecule has 39 heavy (non-hydrogen) atoms. The predicted octanol–water partition coefficient (Wildman–Crippen LogP) is 7.23. The Morgan fingerprint density at radius 3 is 2.28 bits per heavy atom. The number of aryl methyl sites for hydroxylation is 1. The Balaban J connectivity index is 1.43.